The predicted molar refractivity (Wildman–Crippen MR) is 141 cm³/mol. The van der Waals surface area contributed by atoms with Crippen LogP contribution >= 0.6 is 0 Å². The number of alkyl halides is 3. The Hall–Kier alpha value is -4.60. The lowest BCUT2D eigenvalue weighted by Gasteiger charge is -2.11. The van der Waals surface area contributed by atoms with E-state index in [4.69, 9.17) is 20.4 Å². The first-order valence-electron chi connectivity index (χ1n) is 11.9. The van der Waals surface area contributed by atoms with Crippen LogP contribution in [-0.2, 0) is 19.1 Å². The Morgan fingerprint density at radius 2 is 1.68 bits per heavy atom. The van der Waals surface area contributed by atoms with Crippen molar-refractivity contribution in [2.75, 3.05) is 24.7 Å². The van der Waals surface area contributed by atoms with Gasteiger partial charge in [-0.2, -0.15) is 13.2 Å². The van der Waals surface area contributed by atoms with Crippen molar-refractivity contribution in [3.05, 3.63) is 95.8 Å². The van der Waals surface area contributed by atoms with E-state index in [1.165, 1.54) is 12.1 Å². The number of nitrogens with zero attached hydrogens (tertiary/aromatic N) is 4. The number of anilines is 2. The van der Waals surface area contributed by atoms with Crippen molar-refractivity contribution in [2.24, 2.45) is 0 Å². The Morgan fingerprint density at radius 1 is 0.947 bits per heavy atom. The smallest absolute Gasteiger partial charge is 0.416 e. The molecule has 0 fully saturated rings. The summed E-state index contributed by atoms with van der Waals surface area (Å²) >= 11 is 0. The van der Waals surface area contributed by atoms with Crippen LogP contribution in [0.2, 0.25) is 0 Å². The summed E-state index contributed by atoms with van der Waals surface area (Å²) in [5, 5.41) is 3.38. The van der Waals surface area contributed by atoms with E-state index in [2.05, 4.69) is 10.3 Å². The van der Waals surface area contributed by atoms with Gasteiger partial charge in [-0.05, 0) is 53.9 Å². The number of hydrogen-bond acceptors (Lipinski definition) is 6. The normalized spacial score (nSPS) is 11.6. The van der Waals surface area contributed by atoms with Gasteiger partial charge in [0, 0.05) is 17.8 Å². The molecule has 5 rings (SSSR count). The number of rotatable bonds is 8. The number of imidazole rings is 1. The minimum Gasteiger partial charge on any atom is -0.497 e. The maximum atomic E-state index is 13.0. The van der Waals surface area contributed by atoms with Gasteiger partial charge in [-0.3, -0.25) is 0 Å². The molecular weight excluding hydrogens is 493 g/mol. The zero-order valence-electron chi connectivity index (χ0n) is 20.5. The SMILES string of the molecule is COc1ccc(CCNc2nc(-c3cccc(N)c3)nc3c2ncn3Cc2ccc(C(F)(F)F)cc2)cc1. The van der Waals surface area contributed by atoms with Crippen LogP contribution in [0.5, 0.6) is 5.75 Å². The van der Waals surface area contributed by atoms with Crippen LogP contribution in [-0.4, -0.2) is 33.2 Å². The van der Waals surface area contributed by atoms with E-state index in [9.17, 15) is 13.2 Å². The number of nitrogen functional groups attached to an aromatic ring is 1. The summed E-state index contributed by atoms with van der Waals surface area (Å²) in [5.74, 6) is 1.82. The summed E-state index contributed by atoms with van der Waals surface area (Å²) in [5.41, 5.74) is 9.58. The summed E-state index contributed by atoms with van der Waals surface area (Å²) in [6.07, 6.45) is -2.02. The van der Waals surface area contributed by atoms with Gasteiger partial charge in [-0.15, -0.1) is 0 Å². The zero-order chi connectivity index (χ0) is 26.7. The summed E-state index contributed by atoms with van der Waals surface area (Å²) in [6, 6.07) is 20.2. The fraction of sp³-hybridized carbons (Fsp3) is 0.179. The molecule has 194 valence electrons. The quantitative estimate of drug-likeness (QED) is 0.252. The molecule has 10 heteroatoms. The molecule has 7 nitrogen and oxygen atoms in total. The molecule has 0 aliphatic rings. The number of methoxy groups -OCH3 is 1. The molecule has 0 bridgehead atoms. The van der Waals surface area contributed by atoms with Crippen molar-refractivity contribution in [1.82, 2.24) is 19.5 Å². The van der Waals surface area contributed by atoms with Crippen LogP contribution in [0.25, 0.3) is 22.6 Å². The van der Waals surface area contributed by atoms with E-state index >= 15 is 0 Å². The van der Waals surface area contributed by atoms with Crippen molar-refractivity contribution in [1.29, 1.82) is 0 Å². The first kappa shape index (κ1) is 25.1. The Labute approximate surface area is 217 Å². The molecule has 0 aliphatic carbocycles. The molecule has 0 unspecified atom stereocenters. The van der Waals surface area contributed by atoms with Gasteiger partial charge in [0.2, 0.25) is 0 Å². The van der Waals surface area contributed by atoms with Crippen LogP contribution in [0.3, 0.4) is 0 Å². The maximum absolute atomic E-state index is 13.0. The van der Waals surface area contributed by atoms with Crippen molar-refractivity contribution in [3.63, 3.8) is 0 Å². The topological polar surface area (TPSA) is 90.9 Å². The molecule has 3 N–H and O–H groups in total. The fourth-order valence-corrected chi connectivity index (χ4v) is 4.10. The second-order valence-corrected chi connectivity index (χ2v) is 8.79. The van der Waals surface area contributed by atoms with E-state index in [1.807, 2.05) is 36.4 Å². The highest BCUT2D eigenvalue weighted by atomic mass is 19.4. The third-order valence-corrected chi connectivity index (χ3v) is 6.11. The molecule has 2 aromatic heterocycles. The summed E-state index contributed by atoms with van der Waals surface area (Å²) in [4.78, 5) is 14.0. The molecule has 0 saturated carbocycles. The molecular formula is C28H25F3N6O. The second kappa shape index (κ2) is 10.4. The Balaban J connectivity index is 1.45. The molecule has 0 spiro atoms. The van der Waals surface area contributed by atoms with Gasteiger partial charge in [0.15, 0.2) is 17.3 Å². The molecule has 0 atom stereocenters. The number of ether oxygens (including phenoxy) is 1. The van der Waals surface area contributed by atoms with Gasteiger partial charge < -0.3 is 20.4 Å². The summed E-state index contributed by atoms with van der Waals surface area (Å²) in [7, 11) is 1.63. The largest absolute Gasteiger partial charge is 0.497 e. The standard InChI is InChI=1S/C28H25F3N6O/c1-38-23-11-7-18(8-12-23)13-14-33-26-24-27(36-25(35-26)20-3-2-4-22(32)15-20)37(17-34-24)16-19-5-9-21(10-6-19)28(29,30)31/h2-12,15,17H,13-14,16,32H2,1H3,(H,33,35,36). The lowest BCUT2D eigenvalue weighted by atomic mass is 10.1. The summed E-state index contributed by atoms with van der Waals surface area (Å²) < 4.78 is 45.9. The monoisotopic (exact) mass is 518 g/mol. The van der Waals surface area contributed by atoms with Crippen LogP contribution in [0.15, 0.2) is 79.1 Å². The number of fused-ring (bicyclic) bond motifs is 1. The van der Waals surface area contributed by atoms with Crippen LogP contribution in [0.1, 0.15) is 16.7 Å². The lowest BCUT2D eigenvalue weighted by molar-refractivity contribution is -0.137. The van der Waals surface area contributed by atoms with E-state index in [1.54, 1.807) is 30.1 Å². The van der Waals surface area contributed by atoms with Gasteiger partial charge in [0.1, 0.15) is 11.3 Å². The highest BCUT2D eigenvalue weighted by Crippen LogP contribution is 2.30. The van der Waals surface area contributed by atoms with Gasteiger partial charge in [-0.25, -0.2) is 15.0 Å². The average molecular weight is 519 g/mol. The Morgan fingerprint density at radius 3 is 2.37 bits per heavy atom. The van der Waals surface area contributed by atoms with Crippen molar-refractivity contribution < 1.29 is 17.9 Å². The Kier molecular flexibility index (Phi) is 6.87. The fourth-order valence-electron chi connectivity index (χ4n) is 4.10. The third kappa shape index (κ3) is 5.54. The van der Waals surface area contributed by atoms with Gasteiger partial charge in [0.05, 0.1) is 25.5 Å². The minimum atomic E-state index is -4.38. The lowest BCUT2D eigenvalue weighted by Crippen LogP contribution is -2.09. The van der Waals surface area contributed by atoms with Gasteiger partial charge in [-0.1, -0.05) is 36.4 Å². The highest BCUT2D eigenvalue weighted by Gasteiger charge is 2.30. The number of aromatic nitrogens is 4. The molecule has 0 saturated heterocycles. The Bertz CT molecular complexity index is 1550. The van der Waals surface area contributed by atoms with Crippen LogP contribution < -0.4 is 15.8 Å². The van der Waals surface area contributed by atoms with Gasteiger partial charge >= 0.3 is 6.18 Å². The van der Waals surface area contributed by atoms with E-state index < -0.39 is 11.7 Å². The van der Waals surface area contributed by atoms with Crippen molar-refractivity contribution in [3.8, 4) is 17.1 Å². The highest BCUT2D eigenvalue weighted by molar-refractivity contribution is 5.85. The van der Waals surface area contributed by atoms with Gasteiger partial charge in [0.25, 0.3) is 0 Å². The first-order chi connectivity index (χ1) is 18.3. The van der Waals surface area contributed by atoms with E-state index in [-0.39, 0.29) is 0 Å². The molecule has 0 amide bonds. The number of hydrogen-bond donors (Lipinski definition) is 2. The molecule has 3 aromatic carbocycles. The maximum Gasteiger partial charge on any atom is 0.416 e. The van der Waals surface area contributed by atoms with E-state index in [0.29, 0.717) is 47.1 Å². The first-order valence-corrected chi connectivity index (χ1v) is 11.9. The third-order valence-electron chi connectivity index (χ3n) is 6.11. The van der Waals surface area contributed by atoms with Crippen molar-refractivity contribution in [2.45, 2.75) is 19.1 Å². The number of halogens is 3. The average Bonchev–Trinajstić information content (AvgIpc) is 3.31. The molecule has 5 aromatic rings. The summed E-state index contributed by atoms with van der Waals surface area (Å²) in [6.45, 7) is 0.897. The number of benzene rings is 3. The van der Waals surface area contributed by atoms with Crippen LogP contribution in [0.4, 0.5) is 24.7 Å². The molecule has 2 heterocycles. The molecule has 0 radical (unpaired) electrons. The van der Waals surface area contributed by atoms with Crippen molar-refractivity contribution >= 4 is 22.7 Å². The van der Waals surface area contributed by atoms with E-state index in [0.717, 1.165) is 35.4 Å². The number of nitrogens with one attached hydrogen (secondary N) is 1. The molecule has 0 aliphatic heterocycles. The van der Waals surface area contributed by atoms with Crippen LogP contribution in [0, 0.1) is 0 Å². The number of nitrogens with two attached hydrogens (primary N) is 1. The zero-order valence-corrected chi connectivity index (χ0v) is 20.5. The minimum absolute atomic E-state index is 0.299. The predicted octanol–water partition coefficient (Wildman–Crippen LogP) is 5.81. The molecule has 38 heavy (non-hydrogen) atoms. The second-order valence-electron chi connectivity index (χ2n) is 8.79.